The Morgan fingerprint density at radius 1 is 0.220 bits per heavy atom. The second-order valence-corrected chi connectivity index (χ2v) is 27.8. The number of carbonyl (C=O) groups is 4. The number of amides is 3. The number of imide groups is 1. The van der Waals surface area contributed by atoms with Crippen LogP contribution in [0.15, 0.2) is 12.2 Å². The van der Waals surface area contributed by atoms with E-state index in [1.165, 1.54) is 0 Å². The molecular weight excluding hydrogens is 1760 g/mol. The summed E-state index contributed by atoms with van der Waals surface area (Å²) in [6, 6.07) is 0. The lowest BCUT2D eigenvalue weighted by molar-refractivity contribution is -0.198. The monoisotopic (exact) mass is 1920 g/mol. The average molecular weight is 1920 g/mol. The molecule has 132 heavy (non-hydrogen) atoms. The number of hydrogen-bond acceptors (Lipinski definition) is 42. The molecule has 1 N–H and O–H groups in total. The van der Waals surface area contributed by atoms with E-state index in [4.69, 9.17) is 180 Å². The maximum atomic E-state index is 12.0. The Morgan fingerprint density at radius 3 is 0.561 bits per heavy atom. The van der Waals surface area contributed by atoms with Crippen LogP contribution in [0.25, 0.3) is 0 Å². The van der Waals surface area contributed by atoms with Crippen molar-refractivity contribution in [1.82, 2.24) is 10.4 Å². The first-order valence-corrected chi connectivity index (χ1v) is 47.0. The van der Waals surface area contributed by atoms with Crippen LogP contribution in [0.4, 0.5) is 4.79 Å². The Kier molecular flexibility index (Phi) is 103. The van der Waals surface area contributed by atoms with Gasteiger partial charge in [0.15, 0.2) is 0 Å². The molecule has 0 bridgehead atoms. The van der Waals surface area contributed by atoms with Gasteiger partial charge in [-0.3, -0.25) is 9.59 Å². The number of hydrogen-bond donors (Lipinski definition) is 1. The smallest absolute Gasteiger partial charge is 0.407 e. The molecule has 0 aromatic heterocycles. The summed E-state index contributed by atoms with van der Waals surface area (Å²) in [6.45, 7) is 33.0. The summed E-state index contributed by atoms with van der Waals surface area (Å²) in [6.07, 6.45) is 8.74. The summed E-state index contributed by atoms with van der Waals surface area (Å²) in [5.41, 5.74) is 0. The highest BCUT2D eigenvalue weighted by atomic mass is 16.7. The molecule has 0 radical (unpaired) electrons. The fourth-order valence-corrected chi connectivity index (χ4v) is 10.4. The zero-order valence-electron chi connectivity index (χ0n) is 79.1. The van der Waals surface area contributed by atoms with Crippen molar-refractivity contribution in [1.29, 1.82) is 0 Å². The number of alkyl carbamates (subject to hydrolysis) is 1. The first-order valence-electron chi connectivity index (χ1n) is 47.0. The quantitative estimate of drug-likeness (QED) is 0.0518. The van der Waals surface area contributed by atoms with Crippen LogP contribution in [0.3, 0.4) is 0 Å². The van der Waals surface area contributed by atoms with E-state index >= 15 is 0 Å². The van der Waals surface area contributed by atoms with Gasteiger partial charge < -0.3 is 185 Å². The molecule has 0 aromatic carbocycles. The lowest BCUT2D eigenvalue weighted by atomic mass is 10.0. The highest BCUT2D eigenvalue weighted by Gasteiger charge is 2.33. The summed E-state index contributed by atoms with van der Waals surface area (Å²) < 4.78 is 204. The van der Waals surface area contributed by atoms with Crippen LogP contribution in [0.1, 0.15) is 51.4 Å². The molecule has 1 heterocycles. The van der Waals surface area contributed by atoms with E-state index in [1.807, 2.05) is 0 Å². The van der Waals surface area contributed by atoms with Crippen LogP contribution in [0, 0.1) is 0 Å². The Morgan fingerprint density at radius 2 is 0.379 bits per heavy atom. The molecule has 1 saturated heterocycles. The molecule has 1 fully saturated rings. The third-order valence-electron chi connectivity index (χ3n) is 17.2. The number of ether oxygens (including phenoxy) is 37. The van der Waals surface area contributed by atoms with E-state index in [0.29, 0.717) is 474 Å². The molecule has 44 heteroatoms. The first-order chi connectivity index (χ1) is 65.6. The van der Waals surface area contributed by atoms with Crippen LogP contribution in [0.2, 0.25) is 0 Å². The van der Waals surface area contributed by atoms with Gasteiger partial charge in [-0.1, -0.05) is 12.2 Å². The maximum Gasteiger partial charge on any atom is 0.407 e. The zero-order chi connectivity index (χ0) is 93.7. The number of nitrogens with zero attached hydrogens (tertiary/aromatic N) is 1. The normalized spacial score (nSPS) is 13.9. The number of allylic oxidation sites excluding steroid dienone is 2. The third-order valence-corrected chi connectivity index (χ3v) is 17.2. The predicted octanol–water partition coefficient (Wildman–Crippen LogP) is 2.20. The van der Waals surface area contributed by atoms with Crippen molar-refractivity contribution in [3.8, 4) is 0 Å². The zero-order valence-corrected chi connectivity index (χ0v) is 79.1. The molecule has 2 aliphatic rings. The highest BCUT2D eigenvalue weighted by Crippen LogP contribution is 2.16. The lowest BCUT2D eigenvalue weighted by Gasteiger charge is -2.18. The summed E-state index contributed by atoms with van der Waals surface area (Å²) in [5, 5.41) is 3.26. The van der Waals surface area contributed by atoms with E-state index in [2.05, 4.69) is 17.5 Å². The fourth-order valence-electron chi connectivity index (χ4n) is 10.4. The number of rotatable bonds is 113. The number of nitrogens with one attached hydrogen (secondary N) is 1. The molecule has 780 valence electrons. The van der Waals surface area contributed by atoms with E-state index < -0.39 is 17.8 Å². The minimum absolute atomic E-state index is 0.0211. The molecule has 3 amide bonds. The van der Waals surface area contributed by atoms with Crippen LogP contribution >= 0.6 is 0 Å². The van der Waals surface area contributed by atoms with Crippen LogP contribution in [0.5, 0.6) is 0 Å². The second kappa shape index (κ2) is 109. The van der Waals surface area contributed by atoms with Crippen molar-refractivity contribution in [3.63, 3.8) is 0 Å². The first kappa shape index (κ1) is 124. The molecule has 1 aliphatic heterocycles. The predicted molar refractivity (Wildman–Crippen MR) is 472 cm³/mol. The van der Waals surface area contributed by atoms with Gasteiger partial charge in [-0.25, -0.2) is 9.59 Å². The van der Waals surface area contributed by atoms with E-state index in [-0.39, 0.29) is 44.7 Å². The third kappa shape index (κ3) is 99.2. The SMILES string of the molecule is O=C(CCOCCOCCOCCOCCOCCOCCOCCOCCOCCOCCOCCOCCOCCOCCOCCOCCOCCOCCOCCOCCOCCOCCOCCOCCOCCOCCOCCOCCOCCOCCOCCOCCOCCOCCOCCOCCNC(=O)OC1CC/C=C/CCC1)ON1C(=O)CCC1=O. The van der Waals surface area contributed by atoms with Crippen molar-refractivity contribution in [2.24, 2.45) is 0 Å². The Labute approximate surface area is 782 Å². The fraction of sp³-hybridized carbons (Fsp3) is 0.932. The van der Waals surface area contributed by atoms with Crippen molar-refractivity contribution >= 4 is 23.9 Å². The molecule has 1 aliphatic carbocycles. The maximum absolute atomic E-state index is 12.0. The number of carbonyl (C=O) groups excluding carboxylic acids is 4. The molecule has 1 atom stereocenters. The molecule has 0 saturated carbocycles. The van der Waals surface area contributed by atoms with Crippen LogP contribution in [-0.4, -0.2) is 517 Å². The van der Waals surface area contributed by atoms with Crippen molar-refractivity contribution < 1.29 is 199 Å². The largest absolute Gasteiger partial charge is 0.446 e. The molecule has 0 spiro atoms. The molecule has 2 rings (SSSR count). The average Bonchev–Trinajstić information content (AvgIpc) is 1.73. The van der Waals surface area contributed by atoms with Gasteiger partial charge in [-0.15, -0.1) is 5.06 Å². The molecule has 1 unspecified atom stereocenters. The summed E-state index contributed by atoms with van der Waals surface area (Å²) in [7, 11) is 0. The van der Waals surface area contributed by atoms with Gasteiger partial charge in [-0.05, 0) is 32.1 Å². The van der Waals surface area contributed by atoms with Crippen LogP contribution in [-0.2, 0) is 194 Å². The minimum atomic E-state index is -0.707. The summed E-state index contributed by atoms with van der Waals surface area (Å²) >= 11 is 0. The topological polar surface area (TPSA) is 434 Å². The minimum Gasteiger partial charge on any atom is -0.446 e. The van der Waals surface area contributed by atoms with Crippen molar-refractivity contribution in [3.05, 3.63) is 12.2 Å². The van der Waals surface area contributed by atoms with Gasteiger partial charge in [0, 0.05) is 19.4 Å². The highest BCUT2D eigenvalue weighted by molar-refractivity contribution is 6.01. The molecule has 0 aromatic rings. The standard InChI is InChI=1S/C88H166N2O42/c91-85-8-9-86(92)90(85)132-87(93)10-12-95-14-16-97-18-20-99-22-24-101-26-28-103-30-32-105-34-36-107-38-40-109-42-44-111-46-48-113-50-52-115-54-56-117-58-60-119-62-64-121-66-68-123-70-72-125-74-76-127-78-80-129-82-83-130-81-79-128-77-75-126-73-71-124-69-67-122-65-63-120-61-59-118-57-55-116-53-51-114-49-47-112-45-43-110-41-39-108-37-35-106-33-31-104-29-27-102-25-23-100-21-19-98-17-15-96-13-11-89-88(94)131-84-6-4-2-1-3-5-7-84/h1-2,84H,3-83H2,(H,89,94)/b2-1+. The van der Waals surface area contributed by atoms with Gasteiger partial charge >= 0.3 is 12.1 Å². The van der Waals surface area contributed by atoms with Gasteiger partial charge in [0.1, 0.15) is 6.10 Å². The van der Waals surface area contributed by atoms with Crippen LogP contribution < -0.4 is 5.32 Å². The lowest BCUT2D eigenvalue weighted by Crippen LogP contribution is -2.32. The van der Waals surface area contributed by atoms with Gasteiger partial charge in [0.2, 0.25) is 0 Å². The van der Waals surface area contributed by atoms with E-state index in [0.717, 1.165) is 32.1 Å². The Bertz CT molecular complexity index is 2310. The van der Waals surface area contributed by atoms with E-state index in [9.17, 15) is 19.2 Å². The molecule has 44 nitrogen and oxygen atoms in total. The van der Waals surface area contributed by atoms with Crippen molar-refractivity contribution in [2.75, 3.05) is 482 Å². The van der Waals surface area contributed by atoms with E-state index in [1.54, 1.807) is 0 Å². The van der Waals surface area contributed by atoms with Gasteiger partial charge in [0.05, 0.1) is 482 Å². The van der Waals surface area contributed by atoms with Crippen molar-refractivity contribution in [2.45, 2.75) is 57.5 Å². The second-order valence-electron chi connectivity index (χ2n) is 27.8. The Hall–Kier alpha value is -3.82. The summed E-state index contributed by atoms with van der Waals surface area (Å²) in [4.78, 5) is 51.4. The van der Waals surface area contributed by atoms with Gasteiger partial charge in [0.25, 0.3) is 11.8 Å². The Balaban J connectivity index is 1.07. The number of hydroxylamine groups is 2. The molecular formula is C88H166N2O42. The van der Waals surface area contributed by atoms with Gasteiger partial charge in [-0.2, -0.15) is 0 Å². The summed E-state index contributed by atoms with van der Waals surface area (Å²) in [5.74, 6) is -1.74.